The highest BCUT2D eigenvalue weighted by molar-refractivity contribution is 14.1. The van der Waals surface area contributed by atoms with E-state index in [0.29, 0.717) is 24.9 Å². The molecule has 4 nitrogen and oxygen atoms in total. The standard InChI is InChI=1S/C13H16INO3/c1-15(8-4-7-12(16)18-2)13(17)10-5-3-6-11(14)9-10/h3,5-6,9H,4,7-8H2,1-2H3. The van der Waals surface area contributed by atoms with Gasteiger partial charge in [0.25, 0.3) is 5.91 Å². The highest BCUT2D eigenvalue weighted by Gasteiger charge is 2.12. The van der Waals surface area contributed by atoms with Gasteiger partial charge in [0.2, 0.25) is 0 Å². The molecule has 0 saturated carbocycles. The number of amides is 1. The number of halogens is 1. The Morgan fingerprint density at radius 1 is 1.39 bits per heavy atom. The van der Waals surface area contributed by atoms with Gasteiger partial charge in [-0.1, -0.05) is 6.07 Å². The van der Waals surface area contributed by atoms with Gasteiger partial charge in [-0.2, -0.15) is 0 Å². The average molecular weight is 361 g/mol. The van der Waals surface area contributed by atoms with E-state index in [2.05, 4.69) is 27.3 Å². The number of carbonyl (C=O) groups excluding carboxylic acids is 2. The van der Waals surface area contributed by atoms with Crippen LogP contribution >= 0.6 is 22.6 Å². The summed E-state index contributed by atoms with van der Waals surface area (Å²) in [6.45, 7) is 0.541. The van der Waals surface area contributed by atoms with Crippen molar-refractivity contribution in [3.05, 3.63) is 33.4 Å². The summed E-state index contributed by atoms with van der Waals surface area (Å²) >= 11 is 2.17. The molecule has 18 heavy (non-hydrogen) atoms. The molecule has 0 saturated heterocycles. The van der Waals surface area contributed by atoms with E-state index in [1.54, 1.807) is 18.0 Å². The summed E-state index contributed by atoms with van der Waals surface area (Å²) in [5.41, 5.74) is 0.669. The quantitative estimate of drug-likeness (QED) is 0.597. The highest BCUT2D eigenvalue weighted by atomic mass is 127. The van der Waals surface area contributed by atoms with Crippen molar-refractivity contribution in [2.45, 2.75) is 12.8 Å². The maximum Gasteiger partial charge on any atom is 0.305 e. The summed E-state index contributed by atoms with van der Waals surface area (Å²) in [7, 11) is 3.10. The molecule has 0 fully saturated rings. The first kappa shape index (κ1) is 14.9. The molecule has 0 atom stereocenters. The van der Waals surface area contributed by atoms with Crippen LogP contribution in [0, 0.1) is 3.57 Å². The SMILES string of the molecule is COC(=O)CCCN(C)C(=O)c1cccc(I)c1. The van der Waals surface area contributed by atoms with Gasteiger partial charge in [-0.05, 0) is 47.2 Å². The number of hydrogen-bond acceptors (Lipinski definition) is 3. The number of hydrogen-bond donors (Lipinski definition) is 0. The zero-order chi connectivity index (χ0) is 13.5. The molecule has 1 rings (SSSR count). The lowest BCUT2D eigenvalue weighted by atomic mass is 10.2. The second-order valence-corrected chi connectivity index (χ2v) is 5.16. The lowest BCUT2D eigenvalue weighted by Crippen LogP contribution is -2.28. The van der Waals surface area contributed by atoms with Crippen molar-refractivity contribution in [3.8, 4) is 0 Å². The minimum absolute atomic E-state index is 0.0293. The van der Waals surface area contributed by atoms with Gasteiger partial charge in [0.15, 0.2) is 0 Å². The predicted octanol–water partition coefficient (Wildman–Crippen LogP) is 2.32. The van der Waals surface area contributed by atoms with Gasteiger partial charge < -0.3 is 9.64 Å². The largest absolute Gasteiger partial charge is 0.469 e. The van der Waals surface area contributed by atoms with Gasteiger partial charge >= 0.3 is 5.97 Å². The van der Waals surface area contributed by atoms with E-state index in [1.807, 2.05) is 18.2 Å². The van der Waals surface area contributed by atoms with Crippen LogP contribution in [0.5, 0.6) is 0 Å². The van der Waals surface area contributed by atoms with Crippen molar-refractivity contribution >= 4 is 34.5 Å². The molecule has 0 aromatic heterocycles. The van der Waals surface area contributed by atoms with E-state index in [1.165, 1.54) is 7.11 Å². The summed E-state index contributed by atoms with van der Waals surface area (Å²) in [5.74, 6) is -0.275. The first-order chi connectivity index (χ1) is 8.54. The Bertz CT molecular complexity index is 434. The fourth-order valence-electron chi connectivity index (χ4n) is 1.51. The Morgan fingerprint density at radius 2 is 2.11 bits per heavy atom. The molecule has 0 unspecified atom stereocenters. The number of ether oxygens (including phenoxy) is 1. The number of rotatable bonds is 5. The average Bonchev–Trinajstić information content (AvgIpc) is 2.37. The van der Waals surface area contributed by atoms with Gasteiger partial charge in [0.1, 0.15) is 0 Å². The maximum absolute atomic E-state index is 12.0. The fourth-order valence-corrected chi connectivity index (χ4v) is 2.05. The highest BCUT2D eigenvalue weighted by Crippen LogP contribution is 2.10. The lowest BCUT2D eigenvalue weighted by Gasteiger charge is -2.16. The van der Waals surface area contributed by atoms with Crippen LogP contribution in [-0.2, 0) is 9.53 Å². The molecule has 0 aliphatic carbocycles. The van der Waals surface area contributed by atoms with Crippen LogP contribution in [-0.4, -0.2) is 37.5 Å². The molecule has 1 aromatic rings. The Balaban J connectivity index is 2.49. The molecule has 0 spiro atoms. The van der Waals surface area contributed by atoms with Crippen molar-refractivity contribution in [1.29, 1.82) is 0 Å². The minimum Gasteiger partial charge on any atom is -0.469 e. The van der Waals surface area contributed by atoms with Crippen molar-refractivity contribution in [2.75, 3.05) is 20.7 Å². The fraction of sp³-hybridized carbons (Fsp3) is 0.385. The normalized spacial score (nSPS) is 9.94. The zero-order valence-corrected chi connectivity index (χ0v) is 12.6. The van der Waals surface area contributed by atoms with E-state index in [4.69, 9.17) is 0 Å². The lowest BCUT2D eigenvalue weighted by molar-refractivity contribution is -0.140. The molecule has 0 radical (unpaired) electrons. The first-order valence-electron chi connectivity index (χ1n) is 5.62. The van der Waals surface area contributed by atoms with Gasteiger partial charge in [-0.15, -0.1) is 0 Å². The van der Waals surface area contributed by atoms with Crippen LogP contribution in [0.4, 0.5) is 0 Å². The zero-order valence-electron chi connectivity index (χ0n) is 10.5. The van der Waals surface area contributed by atoms with E-state index >= 15 is 0 Å². The number of nitrogens with zero attached hydrogens (tertiary/aromatic N) is 1. The maximum atomic E-state index is 12.0. The van der Waals surface area contributed by atoms with Crippen LogP contribution < -0.4 is 0 Å². The molecule has 98 valence electrons. The summed E-state index contributed by atoms with van der Waals surface area (Å²) in [6, 6.07) is 7.44. The Morgan fingerprint density at radius 3 is 2.72 bits per heavy atom. The van der Waals surface area contributed by atoms with Crippen LogP contribution in [0.3, 0.4) is 0 Å². The van der Waals surface area contributed by atoms with Crippen LogP contribution in [0.2, 0.25) is 0 Å². The summed E-state index contributed by atoms with van der Waals surface area (Å²) in [6.07, 6.45) is 0.944. The second-order valence-electron chi connectivity index (χ2n) is 3.92. The molecule has 5 heteroatoms. The molecule has 0 aliphatic rings. The minimum atomic E-state index is -0.245. The predicted molar refractivity (Wildman–Crippen MR) is 77.4 cm³/mol. The number of carbonyl (C=O) groups is 2. The van der Waals surface area contributed by atoms with Crippen molar-refractivity contribution < 1.29 is 14.3 Å². The topological polar surface area (TPSA) is 46.6 Å². The monoisotopic (exact) mass is 361 g/mol. The number of benzene rings is 1. The van der Waals surface area contributed by atoms with Gasteiger partial charge in [-0.3, -0.25) is 9.59 Å². The third-order valence-corrected chi connectivity index (χ3v) is 3.19. The Kier molecular flexibility index (Phi) is 6.11. The smallest absolute Gasteiger partial charge is 0.305 e. The van der Waals surface area contributed by atoms with Crippen molar-refractivity contribution in [1.82, 2.24) is 4.90 Å². The molecule has 1 amide bonds. The third-order valence-electron chi connectivity index (χ3n) is 2.52. The van der Waals surface area contributed by atoms with Crippen LogP contribution in [0.15, 0.2) is 24.3 Å². The Labute approximate surface area is 120 Å². The van der Waals surface area contributed by atoms with Gasteiger partial charge in [0, 0.05) is 29.1 Å². The second kappa shape index (κ2) is 7.35. The van der Waals surface area contributed by atoms with E-state index in [9.17, 15) is 9.59 Å². The summed E-state index contributed by atoms with van der Waals surface area (Å²) in [4.78, 5) is 24.6. The number of methoxy groups -OCH3 is 1. The first-order valence-corrected chi connectivity index (χ1v) is 6.70. The van der Waals surface area contributed by atoms with E-state index in [0.717, 1.165) is 3.57 Å². The van der Waals surface area contributed by atoms with Gasteiger partial charge in [0.05, 0.1) is 7.11 Å². The molecule has 0 bridgehead atoms. The molecule has 0 N–H and O–H groups in total. The van der Waals surface area contributed by atoms with Crippen LogP contribution in [0.25, 0.3) is 0 Å². The summed E-state index contributed by atoms with van der Waals surface area (Å²) in [5, 5.41) is 0. The molecule has 1 aromatic carbocycles. The number of esters is 1. The Hall–Kier alpha value is -1.11. The van der Waals surface area contributed by atoms with Crippen LogP contribution in [0.1, 0.15) is 23.2 Å². The van der Waals surface area contributed by atoms with E-state index in [-0.39, 0.29) is 11.9 Å². The summed E-state index contributed by atoms with van der Waals surface area (Å²) < 4.78 is 5.58. The third kappa shape index (κ3) is 4.64. The molecule has 0 aliphatic heterocycles. The molecular weight excluding hydrogens is 345 g/mol. The van der Waals surface area contributed by atoms with Crippen molar-refractivity contribution in [2.24, 2.45) is 0 Å². The van der Waals surface area contributed by atoms with Crippen molar-refractivity contribution in [3.63, 3.8) is 0 Å². The van der Waals surface area contributed by atoms with Gasteiger partial charge in [-0.25, -0.2) is 0 Å². The molecular formula is C13H16INO3. The molecule has 0 heterocycles. The van der Waals surface area contributed by atoms with E-state index < -0.39 is 0 Å².